The van der Waals surface area contributed by atoms with Crippen LogP contribution >= 0.6 is 11.6 Å². The van der Waals surface area contributed by atoms with Gasteiger partial charge < -0.3 is 11.1 Å². The Morgan fingerprint density at radius 1 is 1.54 bits per heavy atom. The van der Waals surface area contributed by atoms with Gasteiger partial charge in [0.05, 0.1) is 5.02 Å². The van der Waals surface area contributed by atoms with Crippen LogP contribution in [-0.2, 0) is 0 Å². The average molecular weight is 197 g/mol. The van der Waals surface area contributed by atoms with Crippen molar-refractivity contribution in [2.24, 2.45) is 0 Å². The molecule has 1 aromatic rings. The molecule has 0 amide bonds. The van der Waals surface area contributed by atoms with E-state index in [1.807, 2.05) is 19.1 Å². The van der Waals surface area contributed by atoms with E-state index in [-0.39, 0.29) is 0 Å². The van der Waals surface area contributed by atoms with E-state index in [9.17, 15) is 0 Å². The zero-order valence-electron chi connectivity index (χ0n) is 7.60. The van der Waals surface area contributed by atoms with Crippen LogP contribution in [0.4, 0.5) is 5.69 Å². The number of halogens is 1. The van der Waals surface area contributed by atoms with Crippen LogP contribution in [0.2, 0.25) is 5.02 Å². The molecular formula is C10H13ClN2. The van der Waals surface area contributed by atoms with Crippen molar-refractivity contribution >= 4 is 17.3 Å². The number of nitrogens with two attached hydrogens (primary N) is 1. The van der Waals surface area contributed by atoms with Crippen LogP contribution in [0, 0.1) is 6.92 Å². The molecule has 1 heterocycles. The molecule has 1 aromatic carbocycles. The summed E-state index contributed by atoms with van der Waals surface area (Å²) in [4.78, 5) is 0. The summed E-state index contributed by atoms with van der Waals surface area (Å²) in [6, 6.07) is 4.38. The lowest BCUT2D eigenvalue weighted by Crippen LogP contribution is -2.35. The molecule has 0 radical (unpaired) electrons. The van der Waals surface area contributed by atoms with Crippen molar-refractivity contribution in [3.63, 3.8) is 0 Å². The van der Waals surface area contributed by atoms with Gasteiger partial charge in [-0.15, -0.1) is 0 Å². The van der Waals surface area contributed by atoms with Gasteiger partial charge in [0.2, 0.25) is 0 Å². The first-order chi connectivity index (χ1) is 6.20. The molecule has 1 aliphatic heterocycles. The number of anilines is 1. The molecule has 3 N–H and O–H groups in total. The topological polar surface area (TPSA) is 38.0 Å². The van der Waals surface area contributed by atoms with Crippen LogP contribution in [0.3, 0.4) is 0 Å². The molecule has 3 heteroatoms. The maximum absolute atomic E-state index is 6.19. The van der Waals surface area contributed by atoms with E-state index in [0.717, 1.165) is 22.8 Å². The van der Waals surface area contributed by atoms with E-state index in [2.05, 4.69) is 5.32 Å². The molecule has 0 aromatic heterocycles. The molecule has 0 aliphatic carbocycles. The van der Waals surface area contributed by atoms with E-state index in [0.29, 0.717) is 6.04 Å². The van der Waals surface area contributed by atoms with Gasteiger partial charge in [-0.2, -0.15) is 0 Å². The maximum atomic E-state index is 6.19. The second-order valence-corrected chi connectivity index (χ2v) is 3.86. The van der Waals surface area contributed by atoms with Gasteiger partial charge in [-0.05, 0) is 37.1 Å². The molecule has 2 rings (SSSR count). The molecule has 0 saturated carbocycles. The summed E-state index contributed by atoms with van der Waals surface area (Å²) in [6.45, 7) is 3.05. The third-order valence-corrected chi connectivity index (χ3v) is 3.16. The quantitative estimate of drug-likeness (QED) is 0.677. The minimum Gasteiger partial charge on any atom is -0.398 e. The zero-order valence-corrected chi connectivity index (χ0v) is 8.36. The highest BCUT2D eigenvalue weighted by molar-refractivity contribution is 6.32. The molecular weight excluding hydrogens is 184 g/mol. The summed E-state index contributed by atoms with van der Waals surface area (Å²) < 4.78 is 0. The highest BCUT2D eigenvalue weighted by atomic mass is 35.5. The number of nitrogen functional groups attached to an aromatic ring is 1. The van der Waals surface area contributed by atoms with Gasteiger partial charge in [0.25, 0.3) is 0 Å². The summed E-state index contributed by atoms with van der Waals surface area (Å²) in [5, 5.41) is 4.14. The van der Waals surface area contributed by atoms with E-state index < -0.39 is 0 Å². The second-order valence-electron chi connectivity index (χ2n) is 3.48. The molecule has 0 bridgehead atoms. The monoisotopic (exact) mass is 196 g/mol. The smallest absolute Gasteiger partial charge is 0.0503 e. The Balaban J connectivity index is 2.41. The molecule has 1 aliphatic rings. The van der Waals surface area contributed by atoms with E-state index >= 15 is 0 Å². The van der Waals surface area contributed by atoms with Gasteiger partial charge >= 0.3 is 0 Å². The molecule has 0 spiro atoms. The SMILES string of the molecule is Cc1c(N)ccc([C@@H]2CCN2)c1Cl. The summed E-state index contributed by atoms with van der Waals surface area (Å²) >= 11 is 6.19. The van der Waals surface area contributed by atoms with Crippen LogP contribution < -0.4 is 11.1 Å². The van der Waals surface area contributed by atoms with Crippen molar-refractivity contribution in [2.75, 3.05) is 12.3 Å². The lowest BCUT2D eigenvalue weighted by atomic mass is 9.96. The van der Waals surface area contributed by atoms with Crippen LogP contribution in [0.15, 0.2) is 12.1 Å². The van der Waals surface area contributed by atoms with Crippen molar-refractivity contribution in [1.82, 2.24) is 5.32 Å². The minimum absolute atomic E-state index is 0.437. The first kappa shape index (κ1) is 8.85. The predicted molar refractivity (Wildman–Crippen MR) is 56.0 cm³/mol. The fourth-order valence-electron chi connectivity index (χ4n) is 1.54. The fourth-order valence-corrected chi connectivity index (χ4v) is 1.85. The largest absolute Gasteiger partial charge is 0.398 e. The Kier molecular flexibility index (Phi) is 2.18. The van der Waals surface area contributed by atoms with Crippen molar-refractivity contribution < 1.29 is 0 Å². The third-order valence-electron chi connectivity index (χ3n) is 2.66. The predicted octanol–water partition coefficient (Wildman–Crippen LogP) is 2.27. The molecule has 1 saturated heterocycles. The Bertz CT molecular complexity index is 332. The third kappa shape index (κ3) is 1.40. The summed E-state index contributed by atoms with van der Waals surface area (Å²) in [6.07, 6.45) is 1.17. The second kappa shape index (κ2) is 3.20. The lowest BCUT2D eigenvalue weighted by Gasteiger charge is -2.29. The van der Waals surface area contributed by atoms with Crippen molar-refractivity contribution in [1.29, 1.82) is 0 Å². The Hall–Kier alpha value is -0.730. The molecule has 70 valence electrons. The highest BCUT2D eigenvalue weighted by Gasteiger charge is 2.21. The number of benzene rings is 1. The van der Waals surface area contributed by atoms with Gasteiger partial charge in [-0.25, -0.2) is 0 Å². The van der Waals surface area contributed by atoms with Gasteiger partial charge in [0.15, 0.2) is 0 Å². The van der Waals surface area contributed by atoms with Crippen LogP contribution in [-0.4, -0.2) is 6.54 Å². The van der Waals surface area contributed by atoms with Gasteiger partial charge in [-0.3, -0.25) is 0 Å². The molecule has 0 unspecified atom stereocenters. The number of hydrogen-bond acceptors (Lipinski definition) is 2. The highest BCUT2D eigenvalue weighted by Crippen LogP contribution is 2.33. The number of nitrogens with one attached hydrogen (secondary N) is 1. The summed E-state index contributed by atoms with van der Waals surface area (Å²) in [5.41, 5.74) is 8.69. The minimum atomic E-state index is 0.437. The first-order valence-electron chi connectivity index (χ1n) is 4.48. The number of hydrogen-bond donors (Lipinski definition) is 2. The van der Waals surface area contributed by atoms with E-state index in [1.165, 1.54) is 12.0 Å². The number of rotatable bonds is 1. The van der Waals surface area contributed by atoms with Crippen molar-refractivity contribution in [3.8, 4) is 0 Å². The average Bonchev–Trinajstić information content (AvgIpc) is 2.03. The summed E-state index contributed by atoms with van der Waals surface area (Å²) in [7, 11) is 0. The van der Waals surface area contributed by atoms with Gasteiger partial charge in [0.1, 0.15) is 0 Å². The summed E-state index contributed by atoms with van der Waals surface area (Å²) in [5.74, 6) is 0. The van der Waals surface area contributed by atoms with Gasteiger partial charge in [0, 0.05) is 11.7 Å². The van der Waals surface area contributed by atoms with Crippen molar-refractivity contribution in [3.05, 3.63) is 28.3 Å². The fraction of sp³-hybridized carbons (Fsp3) is 0.400. The Morgan fingerprint density at radius 3 is 2.77 bits per heavy atom. The standard InChI is InChI=1S/C10H13ClN2/c1-6-8(12)3-2-7(10(6)11)9-4-5-13-9/h2-3,9,13H,4-5,12H2,1H3/t9-/m0/s1. The van der Waals surface area contributed by atoms with Gasteiger partial charge in [-0.1, -0.05) is 17.7 Å². The normalized spacial score (nSPS) is 21.2. The first-order valence-corrected chi connectivity index (χ1v) is 4.86. The van der Waals surface area contributed by atoms with Crippen molar-refractivity contribution in [2.45, 2.75) is 19.4 Å². The zero-order chi connectivity index (χ0) is 9.42. The van der Waals surface area contributed by atoms with Crippen LogP contribution in [0.25, 0.3) is 0 Å². The van der Waals surface area contributed by atoms with Crippen LogP contribution in [0.1, 0.15) is 23.6 Å². The lowest BCUT2D eigenvalue weighted by molar-refractivity contribution is 0.383. The Morgan fingerprint density at radius 2 is 2.23 bits per heavy atom. The van der Waals surface area contributed by atoms with E-state index in [4.69, 9.17) is 17.3 Å². The van der Waals surface area contributed by atoms with Crippen LogP contribution in [0.5, 0.6) is 0 Å². The molecule has 1 atom stereocenters. The molecule has 1 fully saturated rings. The Labute approximate surface area is 83.1 Å². The van der Waals surface area contributed by atoms with E-state index in [1.54, 1.807) is 0 Å². The maximum Gasteiger partial charge on any atom is 0.0503 e. The molecule has 2 nitrogen and oxygen atoms in total. The molecule has 13 heavy (non-hydrogen) atoms.